The molecule has 0 atom stereocenters. The Bertz CT molecular complexity index is 1570. The van der Waals surface area contributed by atoms with Gasteiger partial charge in [-0.3, -0.25) is 0 Å². The lowest BCUT2D eigenvalue weighted by Crippen LogP contribution is -2.14. The van der Waals surface area contributed by atoms with Crippen LogP contribution in [0.4, 0.5) is 13.2 Å². The number of hydrogen-bond acceptors (Lipinski definition) is 5. The zero-order chi connectivity index (χ0) is 26.3. The van der Waals surface area contributed by atoms with E-state index in [1.54, 1.807) is 42.5 Å². The summed E-state index contributed by atoms with van der Waals surface area (Å²) >= 11 is 6.25. The summed E-state index contributed by atoms with van der Waals surface area (Å²) in [6, 6.07) is 18.1. The van der Waals surface area contributed by atoms with Gasteiger partial charge in [-0.15, -0.1) is 0 Å². The number of sulfone groups is 1. The van der Waals surface area contributed by atoms with Crippen LogP contribution in [0.2, 0.25) is 5.02 Å². The van der Waals surface area contributed by atoms with Crippen LogP contribution in [0.15, 0.2) is 77.7 Å². The molecule has 0 fully saturated rings. The molecule has 0 radical (unpaired) electrons. The molecular weight excluding hydrogens is 517 g/mol. The van der Waals surface area contributed by atoms with Crippen molar-refractivity contribution in [2.45, 2.75) is 11.1 Å². The Hall–Kier alpha value is -3.63. The highest BCUT2D eigenvalue weighted by atomic mass is 35.5. The quantitative estimate of drug-likeness (QED) is 0.290. The molecule has 4 rings (SSSR count). The van der Waals surface area contributed by atoms with E-state index in [1.807, 2.05) is 0 Å². The van der Waals surface area contributed by atoms with E-state index in [0.717, 1.165) is 24.1 Å². The van der Waals surface area contributed by atoms with Crippen LogP contribution in [0.25, 0.3) is 28.1 Å². The molecule has 0 aliphatic carbocycles. The first-order chi connectivity index (χ1) is 16.9. The number of para-hydroxylation sites is 1. The van der Waals surface area contributed by atoms with Crippen LogP contribution in [-0.4, -0.2) is 37.5 Å². The van der Waals surface area contributed by atoms with Crippen LogP contribution < -0.4 is 0 Å². The number of nitrogens with zero attached hydrogens (tertiary/aromatic N) is 2. The van der Waals surface area contributed by atoms with Crippen LogP contribution in [0, 0.1) is 0 Å². The summed E-state index contributed by atoms with van der Waals surface area (Å²) in [4.78, 5) is 12.4. The predicted molar refractivity (Wildman–Crippen MR) is 129 cm³/mol. The fourth-order valence-corrected chi connectivity index (χ4v) is 5.20. The number of benzene rings is 3. The van der Waals surface area contributed by atoms with Crippen LogP contribution in [0.1, 0.15) is 16.1 Å². The summed E-state index contributed by atoms with van der Waals surface area (Å²) in [7, 11) is -3.10. The standard InChI is InChI=1S/C25H18ClF3N2O4S/c1-35-24(32)22-16(15-8-4-3-5-9-15)12-13-17(23(22)36(2,33)34)20-14-21(25(27,28)29)30-31(20)19-11-7-6-10-18(19)26/h3-14H,1-2H3. The lowest BCUT2D eigenvalue weighted by atomic mass is 9.96. The van der Waals surface area contributed by atoms with Crippen molar-refractivity contribution < 1.29 is 31.1 Å². The first-order valence-corrected chi connectivity index (χ1v) is 12.6. The molecule has 0 unspecified atom stereocenters. The number of esters is 1. The fraction of sp³-hybridized carbons (Fsp3) is 0.120. The third kappa shape index (κ3) is 4.74. The van der Waals surface area contributed by atoms with Crippen molar-refractivity contribution in [2.24, 2.45) is 0 Å². The minimum absolute atomic E-state index is 0.0885. The van der Waals surface area contributed by atoms with Gasteiger partial charge >= 0.3 is 12.1 Å². The minimum Gasteiger partial charge on any atom is -0.465 e. The van der Waals surface area contributed by atoms with E-state index in [0.29, 0.717) is 5.56 Å². The van der Waals surface area contributed by atoms with Gasteiger partial charge in [-0.2, -0.15) is 18.3 Å². The summed E-state index contributed by atoms with van der Waals surface area (Å²) in [5.74, 6) is -0.962. The molecule has 0 aliphatic heterocycles. The van der Waals surface area contributed by atoms with E-state index in [4.69, 9.17) is 16.3 Å². The molecule has 36 heavy (non-hydrogen) atoms. The summed E-state index contributed by atoms with van der Waals surface area (Å²) in [6.07, 6.45) is -3.96. The maximum absolute atomic E-state index is 13.7. The molecule has 11 heteroatoms. The van der Waals surface area contributed by atoms with Crippen molar-refractivity contribution >= 4 is 27.4 Å². The number of rotatable bonds is 5. The number of carbonyl (C=O) groups excluding carboxylic acids is 1. The molecule has 1 aromatic heterocycles. The van der Waals surface area contributed by atoms with Crippen LogP contribution in [0.3, 0.4) is 0 Å². The van der Waals surface area contributed by atoms with E-state index in [-0.39, 0.29) is 33.1 Å². The number of alkyl halides is 3. The van der Waals surface area contributed by atoms with E-state index in [1.165, 1.54) is 24.3 Å². The molecule has 1 heterocycles. The molecule has 0 aliphatic rings. The van der Waals surface area contributed by atoms with Gasteiger partial charge in [0.15, 0.2) is 15.5 Å². The Morgan fingerprint density at radius 3 is 2.17 bits per heavy atom. The van der Waals surface area contributed by atoms with Gasteiger partial charge in [0.2, 0.25) is 0 Å². The highest BCUT2D eigenvalue weighted by Gasteiger charge is 2.37. The maximum atomic E-state index is 13.7. The Balaban J connectivity index is 2.15. The van der Waals surface area contributed by atoms with E-state index in [9.17, 15) is 26.4 Å². The molecule has 4 aromatic rings. The summed E-state index contributed by atoms with van der Waals surface area (Å²) in [5.41, 5.74) is -1.10. The van der Waals surface area contributed by atoms with Gasteiger partial charge in [0.25, 0.3) is 0 Å². The first-order valence-electron chi connectivity index (χ1n) is 10.4. The molecule has 0 amide bonds. The monoisotopic (exact) mass is 534 g/mol. The molecule has 3 aromatic carbocycles. The second-order valence-corrected chi connectivity index (χ2v) is 10.1. The third-order valence-corrected chi connectivity index (χ3v) is 6.84. The number of methoxy groups -OCH3 is 1. The number of aromatic nitrogens is 2. The summed E-state index contributed by atoms with van der Waals surface area (Å²) < 4.78 is 73.1. The van der Waals surface area contributed by atoms with Crippen molar-refractivity contribution in [3.8, 4) is 28.1 Å². The molecule has 0 N–H and O–H groups in total. The molecule has 0 spiro atoms. The maximum Gasteiger partial charge on any atom is 0.435 e. The Morgan fingerprint density at radius 2 is 1.58 bits per heavy atom. The van der Waals surface area contributed by atoms with Gasteiger partial charge in [0.05, 0.1) is 34.0 Å². The van der Waals surface area contributed by atoms with Gasteiger partial charge in [0, 0.05) is 11.8 Å². The third-order valence-electron chi connectivity index (χ3n) is 5.36. The van der Waals surface area contributed by atoms with Crippen molar-refractivity contribution in [2.75, 3.05) is 13.4 Å². The van der Waals surface area contributed by atoms with Crippen molar-refractivity contribution in [1.82, 2.24) is 9.78 Å². The van der Waals surface area contributed by atoms with E-state index >= 15 is 0 Å². The van der Waals surface area contributed by atoms with Crippen LogP contribution in [-0.2, 0) is 20.8 Å². The molecule has 0 saturated carbocycles. The zero-order valence-electron chi connectivity index (χ0n) is 18.9. The minimum atomic E-state index is -4.83. The van der Waals surface area contributed by atoms with Gasteiger partial charge in [-0.25, -0.2) is 17.9 Å². The van der Waals surface area contributed by atoms with Crippen molar-refractivity contribution in [1.29, 1.82) is 0 Å². The molecule has 186 valence electrons. The van der Waals surface area contributed by atoms with E-state index in [2.05, 4.69) is 5.10 Å². The average molecular weight is 535 g/mol. The number of halogens is 4. The van der Waals surface area contributed by atoms with Crippen LogP contribution >= 0.6 is 11.6 Å². The lowest BCUT2D eigenvalue weighted by Gasteiger charge is -2.18. The Labute approximate surface area is 209 Å². The smallest absolute Gasteiger partial charge is 0.435 e. The Kier molecular flexibility index (Phi) is 6.68. The lowest BCUT2D eigenvalue weighted by molar-refractivity contribution is -0.141. The summed E-state index contributed by atoms with van der Waals surface area (Å²) in [6.45, 7) is 0. The van der Waals surface area contributed by atoms with Crippen molar-refractivity contribution in [3.63, 3.8) is 0 Å². The topological polar surface area (TPSA) is 78.3 Å². The van der Waals surface area contributed by atoms with E-state index < -0.39 is 32.6 Å². The van der Waals surface area contributed by atoms with Gasteiger partial charge in [0.1, 0.15) is 0 Å². The van der Waals surface area contributed by atoms with Gasteiger partial charge in [-0.05, 0) is 29.3 Å². The molecule has 0 bridgehead atoms. The highest BCUT2D eigenvalue weighted by molar-refractivity contribution is 7.91. The highest BCUT2D eigenvalue weighted by Crippen LogP contribution is 2.40. The zero-order valence-corrected chi connectivity index (χ0v) is 20.4. The number of ether oxygens (including phenoxy) is 1. The van der Waals surface area contributed by atoms with Gasteiger partial charge in [-0.1, -0.05) is 66.2 Å². The Morgan fingerprint density at radius 1 is 0.972 bits per heavy atom. The largest absolute Gasteiger partial charge is 0.465 e. The predicted octanol–water partition coefficient (Wildman–Crippen LogP) is 6.07. The summed E-state index contributed by atoms with van der Waals surface area (Å²) in [5, 5.41) is 3.77. The molecule has 6 nitrogen and oxygen atoms in total. The second kappa shape index (κ2) is 9.44. The van der Waals surface area contributed by atoms with Crippen LogP contribution in [0.5, 0.6) is 0 Å². The van der Waals surface area contributed by atoms with Gasteiger partial charge < -0.3 is 4.74 Å². The molecule has 0 saturated heterocycles. The van der Waals surface area contributed by atoms with Crippen molar-refractivity contribution in [3.05, 3.63) is 89.1 Å². The fourth-order valence-electron chi connectivity index (χ4n) is 3.85. The first kappa shape index (κ1) is 25.5. The SMILES string of the molecule is COC(=O)c1c(-c2ccccc2)ccc(-c2cc(C(F)(F)F)nn2-c2ccccc2Cl)c1S(C)(=O)=O. The molecular formula is C25H18ClF3N2O4S. The number of carbonyl (C=O) groups is 1. The second-order valence-electron chi connectivity index (χ2n) is 7.77. The average Bonchev–Trinajstić information content (AvgIpc) is 3.28. The normalized spacial score (nSPS) is 11.9. The number of hydrogen-bond donors (Lipinski definition) is 0.